The molecule has 2 saturated carbocycles. The van der Waals surface area contributed by atoms with Gasteiger partial charge < -0.3 is 5.11 Å². The number of carbonyl (C=O) groups is 1. The first-order valence-corrected chi connectivity index (χ1v) is 6.47. The number of hydrogen-bond donors (Lipinski definition) is 1. The van der Waals surface area contributed by atoms with E-state index in [2.05, 4.69) is 0 Å². The zero-order valence-electron chi connectivity index (χ0n) is 9.45. The van der Waals surface area contributed by atoms with E-state index in [1.807, 2.05) is 0 Å². The molecule has 0 aromatic heterocycles. The van der Waals surface area contributed by atoms with Crippen LogP contribution in [0.1, 0.15) is 57.8 Å². The quantitative estimate of drug-likeness (QED) is 0.774. The molecular weight excluding hydrogens is 188 g/mol. The molecule has 1 N–H and O–H groups in total. The van der Waals surface area contributed by atoms with Gasteiger partial charge in [-0.05, 0) is 37.0 Å². The fourth-order valence-electron chi connectivity index (χ4n) is 3.56. The molecule has 0 unspecified atom stereocenters. The van der Waals surface area contributed by atoms with Gasteiger partial charge in [0.1, 0.15) is 0 Å². The molecule has 2 nitrogen and oxygen atoms in total. The third kappa shape index (κ3) is 2.96. The highest BCUT2D eigenvalue weighted by Crippen LogP contribution is 2.43. The Bertz CT molecular complexity index is 225. The summed E-state index contributed by atoms with van der Waals surface area (Å²) >= 11 is 0. The van der Waals surface area contributed by atoms with Crippen molar-refractivity contribution < 1.29 is 9.90 Å². The van der Waals surface area contributed by atoms with E-state index in [1.54, 1.807) is 0 Å². The van der Waals surface area contributed by atoms with Gasteiger partial charge in [-0.2, -0.15) is 0 Å². The van der Waals surface area contributed by atoms with Crippen LogP contribution < -0.4 is 0 Å². The molecule has 86 valence electrons. The van der Waals surface area contributed by atoms with E-state index in [0.717, 1.165) is 18.3 Å². The van der Waals surface area contributed by atoms with Gasteiger partial charge in [-0.1, -0.05) is 32.1 Å². The summed E-state index contributed by atoms with van der Waals surface area (Å²) in [4.78, 5) is 10.5. The molecule has 3 atom stereocenters. The summed E-state index contributed by atoms with van der Waals surface area (Å²) < 4.78 is 0. The SMILES string of the molecule is O=C(O)CC[C@@H]1CC[C@@H]2CCCC[C@H]2C1. The summed E-state index contributed by atoms with van der Waals surface area (Å²) in [5.74, 6) is 2.01. The van der Waals surface area contributed by atoms with Crippen LogP contribution in [0.25, 0.3) is 0 Å². The van der Waals surface area contributed by atoms with Crippen LogP contribution >= 0.6 is 0 Å². The van der Waals surface area contributed by atoms with E-state index < -0.39 is 5.97 Å². The van der Waals surface area contributed by atoms with Crippen molar-refractivity contribution in [2.24, 2.45) is 17.8 Å². The molecule has 2 fully saturated rings. The molecule has 15 heavy (non-hydrogen) atoms. The first-order chi connectivity index (χ1) is 7.25. The van der Waals surface area contributed by atoms with Crippen molar-refractivity contribution in [3.05, 3.63) is 0 Å². The predicted molar refractivity (Wildman–Crippen MR) is 59.7 cm³/mol. The maximum Gasteiger partial charge on any atom is 0.303 e. The van der Waals surface area contributed by atoms with Crippen LogP contribution in [0.4, 0.5) is 0 Å². The number of fused-ring (bicyclic) bond motifs is 1. The average molecular weight is 210 g/mol. The second kappa shape index (κ2) is 5.00. The van der Waals surface area contributed by atoms with Crippen LogP contribution in [0.5, 0.6) is 0 Å². The molecule has 0 aromatic rings. The minimum Gasteiger partial charge on any atom is -0.481 e. The Morgan fingerprint density at radius 1 is 1.07 bits per heavy atom. The lowest BCUT2D eigenvalue weighted by molar-refractivity contribution is -0.137. The third-order valence-corrected chi connectivity index (χ3v) is 4.41. The molecule has 0 heterocycles. The molecule has 0 bridgehead atoms. The van der Waals surface area contributed by atoms with Gasteiger partial charge in [0.25, 0.3) is 0 Å². The van der Waals surface area contributed by atoms with Gasteiger partial charge in [0, 0.05) is 6.42 Å². The number of carboxylic acids is 1. The lowest BCUT2D eigenvalue weighted by Gasteiger charge is -2.39. The molecule has 2 aliphatic carbocycles. The highest BCUT2D eigenvalue weighted by atomic mass is 16.4. The Kier molecular flexibility index (Phi) is 3.66. The van der Waals surface area contributed by atoms with E-state index >= 15 is 0 Å². The van der Waals surface area contributed by atoms with Crippen LogP contribution in [-0.2, 0) is 4.79 Å². The fraction of sp³-hybridized carbons (Fsp3) is 0.923. The van der Waals surface area contributed by atoms with Crippen LogP contribution in [-0.4, -0.2) is 11.1 Å². The van der Waals surface area contributed by atoms with Gasteiger partial charge in [0.15, 0.2) is 0 Å². The molecule has 0 spiro atoms. The second-order valence-corrected chi connectivity index (χ2v) is 5.42. The van der Waals surface area contributed by atoms with Crippen LogP contribution in [0.15, 0.2) is 0 Å². The third-order valence-electron chi connectivity index (χ3n) is 4.41. The van der Waals surface area contributed by atoms with E-state index in [1.165, 1.54) is 44.9 Å². The Balaban J connectivity index is 1.78. The van der Waals surface area contributed by atoms with Crippen molar-refractivity contribution in [2.45, 2.75) is 57.8 Å². The number of rotatable bonds is 3. The monoisotopic (exact) mass is 210 g/mol. The minimum absolute atomic E-state index is 0.377. The molecule has 2 aliphatic rings. The fourth-order valence-corrected chi connectivity index (χ4v) is 3.56. The summed E-state index contributed by atoms with van der Waals surface area (Å²) in [5.41, 5.74) is 0. The van der Waals surface area contributed by atoms with E-state index in [0.29, 0.717) is 12.3 Å². The largest absolute Gasteiger partial charge is 0.481 e. The predicted octanol–water partition coefficient (Wildman–Crippen LogP) is 3.46. The zero-order chi connectivity index (χ0) is 10.7. The molecule has 0 amide bonds. The Labute approximate surface area is 92.1 Å². The van der Waals surface area contributed by atoms with Crippen molar-refractivity contribution in [1.82, 2.24) is 0 Å². The highest BCUT2D eigenvalue weighted by molar-refractivity contribution is 5.66. The number of hydrogen-bond acceptors (Lipinski definition) is 1. The second-order valence-electron chi connectivity index (χ2n) is 5.42. The van der Waals surface area contributed by atoms with E-state index in [4.69, 9.17) is 5.11 Å². The maximum absolute atomic E-state index is 10.5. The summed E-state index contributed by atoms with van der Waals surface area (Å²) in [6.45, 7) is 0. The van der Waals surface area contributed by atoms with Crippen molar-refractivity contribution in [3.63, 3.8) is 0 Å². The average Bonchev–Trinajstić information content (AvgIpc) is 2.26. The van der Waals surface area contributed by atoms with Gasteiger partial charge in [-0.15, -0.1) is 0 Å². The van der Waals surface area contributed by atoms with Crippen molar-refractivity contribution in [3.8, 4) is 0 Å². The van der Waals surface area contributed by atoms with Crippen LogP contribution in [0, 0.1) is 17.8 Å². The number of aliphatic carboxylic acids is 1. The van der Waals surface area contributed by atoms with Gasteiger partial charge in [-0.3, -0.25) is 4.79 Å². The lowest BCUT2D eigenvalue weighted by Crippen LogP contribution is -2.27. The lowest BCUT2D eigenvalue weighted by atomic mass is 9.67. The van der Waals surface area contributed by atoms with Gasteiger partial charge in [0.05, 0.1) is 0 Å². The van der Waals surface area contributed by atoms with E-state index in [-0.39, 0.29) is 0 Å². The molecule has 0 aromatic carbocycles. The van der Waals surface area contributed by atoms with Gasteiger partial charge >= 0.3 is 5.97 Å². The van der Waals surface area contributed by atoms with Gasteiger partial charge in [0.2, 0.25) is 0 Å². The Morgan fingerprint density at radius 3 is 2.53 bits per heavy atom. The van der Waals surface area contributed by atoms with Crippen molar-refractivity contribution >= 4 is 5.97 Å². The standard InChI is InChI=1S/C13H22O2/c14-13(15)8-6-10-5-7-11-3-1-2-4-12(11)9-10/h10-12H,1-9H2,(H,14,15)/t10-,11-,12-/m0/s1. The normalized spacial score (nSPS) is 35.9. The number of carboxylic acid groups (broad SMARTS) is 1. The topological polar surface area (TPSA) is 37.3 Å². The first kappa shape index (κ1) is 11.0. The minimum atomic E-state index is -0.624. The molecule has 0 saturated heterocycles. The maximum atomic E-state index is 10.5. The summed E-state index contributed by atoms with van der Waals surface area (Å²) in [7, 11) is 0. The van der Waals surface area contributed by atoms with Crippen molar-refractivity contribution in [2.75, 3.05) is 0 Å². The smallest absolute Gasteiger partial charge is 0.303 e. The first-order valence-electron chi connectivity index (χ1n) is 6.47. The highest BCUT2D eigenvalue weighted by Gasteiger charge is 2.31. The zero-order valence-corrected chi connectivity index (χ0v) is 9.45. The molecule has 0 aliphatic heterocycles. The Hall–Kier alpha value is -0.530. The summed E-state index contributed by atoms with van der Waals surface area (Å²) in [5, 5.41) is 8.68. The Morgan fingerprint density at radius 2 is 1.80 bits per heavy atom. The molecule has 0 radical (unpaired) electrons. The molecular formula is C13H22O2. The van der Waals surface area contributed by atoms with Gasteiger partial charge in [-0.25, -0.2) is 0 Å². The van der Waals surface area contributed by atoms with Crippen LogP contribution in [0.2, 0.25) is 0 Å². The summed E-state index contributed by atoms with van der Waals surface area (Å²) in [6, 6.07) is 0. The summed E-state index contributed by atoms with van der Waals surface area (Å²) in [6.07, 6.45) is 11.0. The van der Waals surface area contributed by atoms with Crippen molar-refractivity contribution in [1.29, 1.82) is 0 Å². The van der Waals surface area contributed by atoms with Crippen LogP contribution in [0.3, 0.4) is 0 Å². The molecule has 2 heteroatoms. The molecule has 2 rings (SSSR count). The van der Waals surface area contributed by atoms with E-state index in [9.17, 15) is 4.79 Å².